The van der Waals surface area contributed by atoms with Crippen molar-refractivity contribution >= 4 is 17.5 Å². The molecule has 0 radical (unpaired) electrons. The van der Waals surface area contributed by atoms with E-state index in [-0.39, 0.29) is 5.91 Å². The summed E-state index contributed by atoms with van der Waals surface area (Å²) < 4.78 is 5.22. The number of aromatic nitrogens is 2. The third-order valence-corrected chi connectivity index (χ3v) is 4.75. The van der Waals surface area contributed by atoms with Gasteiger partial charge in [0.25, 0.3) is 5.91 Å². The number of piperazine rings is 1. The quantitative estimate of drug-likeness (QED) is 0.766. The molecular weight excluding hydrogens is 356 g/mol. The number of carbonyl (C=O) groups is 1. The van der Waals surface area contributed by atoms with Gasteiger partial charge in [-0.1, -0.05) is 0 Å². The van der Waals surface area contributed by atoms with Crippen molar-refractivity contribution in [3.63, 3.8) is 0 Å². The third kappa shape index (κ3) is 5.10. The molecule has 0 spiro atoms. The second kappa shape index (κ2) is 9.36. The average Bonchev–Trinajstić information content (AvgIpc) is 2.74. The van der Waals surface area contributed by atoms with Crippen LogP contribution in [0, 0.1) is 0 Å². The molecule has 0 atom stereocenters. The number of methoxy groups -OCH3 is 1. The van der Waals surface area contributed by atoms with E-state index >= 15 is 0 Å². The van der Waals surface area contributed by atoms with E-state index in [9.17, 15) is 4.79 Å². The van der Waals surface area contributed by atoms with Crippen molar-refractivity contribution in [1.82, 2.24) is 20.2 Å². The standard InChI is InChI=1S/C20H28N6O2/c1-24(2)9-8-21-19(27)16-14-22-20(23-15-16)26-12-10-25(11-13-26)17-4-6-18(28-3)7-5-17/h4-7,14-15H,8-13H2,1-3H3,(H,21,27). The Kier molecular flexibility index (Phi) is 6.65. The van der Waals surface area contributed by atoms with Crippen LogP contribution in [0.25, 0.3) is 0 Å². The fraction of sp³-hybridized carbons (Fsp3) is 0.450. The van der Waals surface area contributed by atoms with E-state index < -0.39 is 0 Å². The molecule has 1 amide bonds. The van der Waals surface area contributed by atoms with Crippen LogP contribution < -0.4 is 19.9 Å². The number of rotatable bonds is 7. The second-order valence-corrected chi connectivity index (χ2v) is 7.00. The summed E-state index contributed by atoms with van der Waals surface area (Å²) in [5.41, 5.74) is 1.67. The van der Waals surface area contributed by atoms with Gasteiger partial charge in [0.1, 0.15) is 5.75 Å². The number of nitrogens with zero attached hydrogens (tertiary/aromatic N) is 5. The lowest BCUT2D eigenvalue weighted by Crippen LogP contribution is -2.47. The predicted molar refractivity (Wildman–Crippen MR) is 110 cm³/mol. The lowest BCUT2D eigenvalue weighted by molar-refractivity contribution is 0.0950. The molecule has 150 valence electrons. The van der Waals surface area contributed by atoms with Crippen LogP contribution in [0.15, 0.2) is 36.7 Å². The molecule has 1 N–H and O–H groups in total. The Morgan fingerprint density at radius 1 is 1.07 bits per heavy atom. The van der Waals surface area contributed by atoms with Crippen molar-refractivity contribution < 1.29 is 9.53 Å². The van der Waals surface area contributed by atoms with Crippen LogP contribution >= 0.6 is 0 Å². The maximum absolute atomic E-state index is 12.1. The molecule has 3 rings (SSSR count). The normalized spacial score (nSPS) is 14.3. The Morgan fingerprint density at radius 3 is 2.25 bits per heavy atom. The molecule has 8 nitrogen and oxygen atoms in total. The van der Waals surface area contributed by atoms with E-state index in [1.807, 2.05) is 31.1 Å². The van der Waals surface area contributed by atoms with E-state index in [1.54, 1.807) is 19.5 Å². The molecule has 1 aliphatic rings. The maximum Gasteiger partial charge on any atom is 0.254 e. The zero-order valence-electron chi connectivity index (χ0n) is 16.8. The van der Waals surface area contributed by atoms with Crippen molar-refractivity contribution in [2.75, 3.05) is 70.3 Å². The zero-order chi connectivity index (χ0) is 19.9. The minimum atomic E-state index is -0.141. The van der Waals surface area contributed by atoms with Gasteiger partial charge in [0.2, 0.25) is 5.95 Å². The first kappa shape index (κ1) is 19.9. The molecule has 1 aromatic heterocycles. The van der Waals surface area contributed by atoms with E-state index in [0.717, 1.165) is 38.5 Å². The minimum Gasteiger partial charge on any atom is -0.497 e. The SMILES string of the molecule is COc1ccc(N2CCN(c3ncc(C(=O)NCCN(C)C)cn3)CC2)cc1. The van der Waals surface area contributed by atoms with Gasteiger partial charge in [0.05, 0.1) is 12.7 Å². The highest BCUT2D eigenvalue weighted by atomic mass is 16.5. The van der Waals surface area contributed by atoms with Gasteiger partial charge in [-0.3, -0.25) is 4.79 Å². The first-order valence-electron chi connectivity index (χ1n) is 9.46. The summed E-state index contributed by atoms with van der Waals surface area (Å²) in [6.45, 7) is 4.84. The molecular formula is C20H28N6O2. The fourth-order valence-corrected chi connectivity index (χ4v) is 3.05. The summed E-state index contributed by atoms with van der Waals surface area (Å²) in [5, 5.41) is 2.87. The third-order valence-electron chi connectivity index (χ3n) is 4.75. The Labute approximate surface area is 166 Å². The molecule has 2 heterocycles. The molecule has 0 bridgehead atoms. The number of likely N-dealkylation sites (N-methyl/N-ethyl adjacent to an activating group) is 1. The highest BCUT2D eigenvalue weighted by molar-refractivity contribution is 5.93. The largest absolute Gasteiger partial charge is 0.497 e. The summed E-state index contributed by atoms with van der Waals surface area (Å²) in [6.07, 6.45) is 3.20. The smallest absolute Gasteiger partial charge is 0.254 e. The first-order chi connectivity index (χ1) is 13.6. The van der Waals surface area contributed by atoms with Gasteiger partial charge in [-0.2, -0.15) is 0 Å². The van der Waals surface area contributed by atoms with E-state index in [1.165, 1.54) is 5.69 Å². The van der Waals surface area contributed by atoms with Crippen molar-refractivity contribution in [3.8, 4) is 5.75 Å². The minimum absolute atomic E-state index is 0.141. The average molecular weight is 384 g/mol. The van der Waals surface area contributed by atoms with Crippen LogP contribution in [-0.2, 0) is 0 Å². The van der Waals surface area contributed by atoms with Gasteiger partial charge in [-0.15, -0.1) is 0 Å². The number of nitrogens with one attached hydrogen (secondary N) is 1. The van der Waals surface area contributed by atoms with Gasteiger partial charge >= 0.3 is 0 Å². The molecule has 0 saturated carbocycles. The molecule has 1 fully saturated rings. The first-order valence-corrected chi connectivity index (χ1v) is 9.46. The molecule has 2 aromatic rings. The predicted octanol–water partition coefficient (Wildman–Crippen LogP) is 1.10. The van der Waals surface area contributed by atoms with Gasteiger partial charge < -0.3 is 24.8 Å². The van der Waals surface area contributed by atoms with Gasteiger partial charge in [0, 0.05) is 57.3 Å². The number of hydrogen-bond acceptors (Lipinski definition) is 7. The monoisotopic (exact) mass is 384 g/mol. The lowest BCUT2D eigenvalue weighted by atomic mass is 10.2. The van der Waals surface area contributed by atoms with Crippen molar-refractivity contribution in [3.05, 3.63) is 42.2 Å². The number of anilines is 2. The summed E-state index contributed by atoms with van der Waals surface area (Å²) in [4.78, 5) is 27.4. The van der Waals surface area contributed by atoms with Crippen LogP contribution in [0.2, 0.25) is 0 Å². The molecule has 8 heteroatoms. The fourth-order valence-electron chi connectivity index (χ4n) is 3.05. The Morgan fingerprint density at radius 2 is 1.68 bits per heavy atom. The summed E-state index contributed by atoms with van der Waals surface area (Å²) in [7, 11) is 5.61. The highest BCUT2D eigenvalue weighted by Gasteiger charge is 2.19. The van der Waals surface area contributed by atoms with Crippen LogP contribution in [-0.4, -0.2) is 81.2 Å². The lowest BCUT2D eigenvalue weighted by Gasteiger charge is -2.36. The van der Waals surface area contributed by atoms with Crippen molar-refractivity contribution in [2.45, 2.75) is 0 Å². The number of amides is 1. The van der Waals surface area contributed by atoms with Gasteiger partial charge in [-0.25, -0.2) is 9.97 Å². The van der Waals surface area contributed by atoms with Gasteiger partial charge in [-0.05, 0) is 38.4 Å². The Balaban J connectivity index is 1.52. The number of carbonyl (C=O) groups excluding carboxylic acids is 1. The van der Waals surface area contributed by atoms with E-state index in [0.29, 0.717) is 18.1 Å². The highest BCUT2D eigenvalue weighted by Crippen LogP contribution is 2.21. The molecule has 0 aliphatic carbocycles. The zero-order valence-corrected chi connectivity index (χ0v) is 16.8. The van der Waals surface area contributed by atoms with Crippen LogP contribution in [0.5, 0.6) is 5.75 Å². The number of ether oxygens (including phenoxy) is 1. The van der Waals surface area contributed by atoms with Crippen LogP contribution in [0.1, 0.15) is 10.4 Å². The molecule has 1 aliphatic heterocycles. The van der Waals surface area contributed by atoms with Crippen molar-refractivity contribution in [1.29, 1.82) is 0 Å². The summed E-state index contributed by atoms with van der Waals surface area (Å²) in [5.74, 6) is 1.39. The van der Waals surface area contributed by atoms with E-state index in [4.69, 9.17) is 4.74 Å². The Bertz CT molecular complexity index is 755. The van der Waals surface area contributed by atoms with Crippen LogP contribution in [0.4, 0.5) is 11.6 Å². The molecule has 28 heavy (non-hydrogen) atoms. The van der Waals surface area contributed by atoms with Gasteiger partial charge in [0.15, 0.2) is 0 Å². The summed E-state index contributed by atoms with van der Waals surface area (Å²) in [6, 6.07) is 8.11. The topological polar surface area (TPSA) is 73.8 Å². The van der Waals surface area contributed by atoms with Crippen molar-refractivity contribution in [2.24, 2.45) is 0 Å². The molecule has 0 unspecified atom stereocenters. The maximum atomic E-state index is 12.1. The molecule has 1 saturated heterocycles. The summed E-state index contributed by atoms with van der Waals surface area (Å²) >= 11 is 0. The number of benzene rings is 1. The van der Waals surface area contributed by atoms with Crippen LogP contribution in [0.3, 0.4) is 0 Å². The second-order valence-electron chi connectivity index (χ2n) is 7.00. The number of hydrogen-bond donors (Lipinski definition) is 1. The van der Waals surface area contributed by atoms with E-state index in [2.05, 4.69) is 37.2 Å². The Hall–Kier alpha value is -2.87. The molecule has 1 aromatic carbocycles.